The molecule has 1 aromatic heterocycles. The zero-order valence-electron chi connectivity index (χ0n) is 26.9. The van der Waals surface area contributed by atoms with Crippen LogP contribution in [0.25, 0.3) is 6.08 Å². The fourth-order valence-electron chi connectivity index (χ4n) is 5.43. The lowest BCUT2D eigenvalue weighted by Crippen LogP contribution is -2.23. The van der Waals surface area contributed by atoms with Crippen LogP contribution in [0, 0.1) is 0 Å². The molecule has 0 unspecified atom stereocenters. The number of fused-ring (bicyclic) bond motifs is 2. The summed E-state index contributed by atoms with van der Waals surface area (Å²) in [6.07, 6.45) is 2.95. The molecule has 0 saturated carbocycles. The van der Waals surface area contributed by atoms with Gasteiger partial charge in [0.25, 0.3) is 0 Å². The Hall–Kier alpha value is -6.56. The predicted molar refractivity (Wildman–Crippen MR) is 176 cm³/mol. The van der Waals surface area contributed by atoms with E-state index in [4.69, 9.17) is 23.7 Å². The van der Waals surface area contributed by atoms with Gasteiger partial charge < -0.3 is 23.7 Å². The number of ketones is 3. The van der Waals surface area contributed by atoms with E-state index in [9.17, 15) is 19.2 Å². The number of carbonyl (C=O) groups excluding carboxylic acids is 4. The number of nitrogens with zero attached hydrogens (tertiary/aromatic N) is 3. The van der Waals surface area contributed by atoms with Crippen LogP contribution in [0.4, 0.5) is 0 Å². The molecule has 5 aromatic rings. The van der Waals surface area contributed by atoms with E-state index in [1.165, 1.54) is 39.2 Å². The molecule has 6 rings (SSSR count). The van der Waals surface area contributed by atoms with Crippen molar-refractivity contribution in [1.29, 1.82) is 0 Å². The van der Waals surface area contributed by atoms with Crippen molar-refractivity contribution >= 4 is 29.4 Å². The lowest BCUT2D eigenvalue weighted by Gasteiger charge is -2.14. The maximum Gasteiger partial charge on any atom is 0.343 e. The largest absolute Gasteiger partial charge is 0.493 e. The third-order valence-corrected chi connectivity index (χ3v) is 7.84. The molecule has 0 aliphatic heterocycles. The molecule has 49 heavy (non-hydrogen) atoms. The van der Waals surface area contributed by atoms with E-state index in [2.05, 4.69) is 10.3 Å². The summed E-state index contributed by atoms with van der Waals surface area (Å²) in [5, 5.41) is 8.05. The maximum absolute atomic E-state index is 13.3. The number of rotatable bonds is 11. The van der Waals surface area contributed by atoms with Gasteiger partial charge in [-0.2, -0.15) is 0 Å². The fraction of sp³-hybridized carbons (Fsp3) is 0.135. The molecule has 1 aliphatic rings. The highest BCUT2D eigenvalue weighted by Gasteiger charge is 2.35. The van der Waals surface area contributed by atoms with Crippen LogP contribution in [0.15, 0.2) is 84.9 Å². The van der Waals surface area contributed by atoms with Crippen LogP contribution in [0.1, 0.15) is 63.9 Å². The molecular weight excluding hydrogens is 630 g/mol. The van der Waals surface area contributed by atoms with Gasteiger partial charge in [-0.15, -0.1) is 5.10 Å². The number of hydrogen-bond acceptors (Lipinski definition) is 11. The van der Waals surface area contributed by atoms with E-state index in [0.717, 1.165) is 0 Å². The fourth-order valence-corrected chi connectivity index (χ4v) is 5.43. The first-order valence-corrected chi connectivity index (χ1v) is 14.9. The molecule has 0 spiro atoms. The van der Waals surface area contributed by atoms with Gasteiger partial charge >= 0.3 is 5.97 Å². The smallest absolute Gasteiger partial charge is 0.343 e. The number of esters is 1. The van der Waals surface area contributed by atoms with E-state index in [0.29, 0.717) is 39.7 Å². The van der Waals surface area contributed by atoms with Gasteiger partial charge in [-0.25, -0.2) is 9.48 Å². The lowest BCUT2D eigenvalue weighted by molar-refractivity contribution is 0.0729. The van der Waals surface area contributed by atoms with Gasteiger partial charge in [-0.3, -0.25) is 14.4 Å². The van der Waals surface area contributed by atoms with Gasteiger partial charge in [0.15, 0.2) is 34.5 Å². The summed E-state index contributed by atoms with van der Waals surface area (Å²) in [5.41, 5.74) is 2.39. The number of methoxy groups -OCH3 is 4. The Morgan fingerprint density at radius 1 is 0.714 bits per heavy atom. The molecule has 1 aliphatic carbocycles. The Kier molecular flexibility index (Phi) is 9.03. The number of carbonyl (C=O) groups is 4. The van der Waals surface area contributed by atoms with E-state index in [1.54, 1.807) is 84.9 Å². The molecule has 0 bridgehead atoms. The summed E-state index contributed by atoms with van der Waals surface area (Å²) >= 11 is 0. The van der Waals surface area contributed by atoms with Gasteiger partial charge in [-0.05, 0) is 53.6 Å². The summed E-state index contributed by atoms with van der Waals surface area (Å²) in [4.78, 5) is 52.6. The molecule has 0 atom stereocenters. The molecule has 12 heteroatoms. The summed E-state index contributed by atoms with van der Waals surface area (Å²) in [6.45, 7) is 0.0776. The number of benzene rings is 4. The van der Waals surface area contributed by atoms with Crippen molar-refractivity contribution < 1.29 is 42.9 Å². The van der Waals surface area contributed by atoms with Gasteiger partial charge in [0, 0.05) is 16.7 Å². The number of hydrogen-bond donors (Lipinski definition) is 0. The molecule has 246 valence electrons. The minimum absolute atomic E-state index is 0.00885. The number of aromatic nitrogens is 3. The number of allylic oxidation sites excluding steroid dienone is 1. The average molecular weight is 660 g/mol. The summed E-state index contributed by atoms with van der Waals surface area (Å²) in [6, 6.07) is 21.2. The lowest BCUT2D eigenvalue weighted by atomic mass is 9.90. The first kappa shape index (κ1) is 32.4. The Labute approximate surface area is 280 Å². The van der Waals surface area contributed by atoms with Gasteiger partial charge in [0.05, 0.1) is 40.5 Å². The van der Waals surface area contributed by atoms with Crippen molar-refractivity contribution in [1.82, 2.24) is 15.0 Å². The molecule has 0 saturated heterocycles. The molecule has 0 fully saturated rings. The Bertz CT molecular complexity index is 2140. The van der Waals surface area contributed by atoms with Crippen LogP contribution in [0.5, 0.6) is 28.7 Å². The maximum atomic E-state index is 13.3. The molecule has 12 nitrogen and oxygen atoms in total. The van der Waals surface area contributed by atoms with Crippen LogP contribution in [0.2, 0.25) is 0 Å². The Balaban J connectivity index is 1.20. The van der Waals surface area contributed by atoms with Crippen molar-refractivity contribution in [2.45, 2.75) is 6.54 Å². The Morgan fingerprint density at radius 2 is 1.41 bits per heavy atom. The second kappa shape index (κ2) is 13.7. The summed E-state index contributed by atoms with van der Waals surface area (Å²) < 4.78 is 28.5. The second-order valence-electron chi connectivity index (χ2n) is 10.8. The predicted octanol–water partition coefficient (Wildman–Crippen LogP) is 5.25. The highest BCUT2D eigenvalue weighted by atomic mass is 16.6. The highest BCUT2D eigenvalue weighted by molar-refractivity contribution is 6.27. The van der Waals surface area contributed by atoms with Crippen LogP contribution >= 0.6 is 0 Å². The average Bonchev–Trinajstić information content (AvgIpc) is 3.56. The molecule has 0 N–H and O–H groups in total. The van der Waals surface area contributed by atoms with Crippen molar-refractivity contribution in [3.63, 3.8) is 0 Å². The van der Waals surface area contributed by atoms with Crippen LogP contribution in [0.3, 0.4) is 0 Å². The van der Waals surface area contributed by atoms with E-state index in [1.807, 2.05) is 0 Å². The first-order chi connectivity index (χ1) is 23.8. The van der Waals surface area contributed by atoms with Crippen LogP contribution < -0.4 is 23.7 Å². The van der Waals surface area contributed by atoms with Crippen LogP contribution in [-0.2, 0) is 6.54 Å². The van der Waals surface area contributed by atoms with Crippen molar-refractivity contribution in [2.75, 3.05) is 28.4 Å². The zero-order chi connectivity index (χ0) is 34.7. The molecule has 1 heterocycles. The first-order valence-electron chi connectivity index (χ1n) is 14.9. The molecule has 0 amide bonds. The monoisotopic (exact) mass is 659 g/mol. The van der Waals surface area contributed by atoms with Gasteiger partial charge in [-0.1, -0.05) is 53.8 Å². The standard InChI is InChI=1S/C37H29N3O9/c1-45-28-15-13-21(12-14-27(41)24-18-30(46-2)36(48-4)31(19-24)47-3)17-29(28)49-37(44)23-9-7-8-22(16-23)20-40-33-32(38-39-40)34(42)25-10-5-6-11-26(25)35(33)43/h5-19H,20H2,1-4H3/b14-12+. The second-order valence-corrected chi connectivity index (χ2v) is 10.8. The zero-order valence-corrected chi connectivity index (χ0v) is 26.9. The van der Waals surface area contributed by atoms with Crippen molar-refractivity contribution in [3.8, 4) is 28.7 Å². The number of ether oxygens (including phenoxy) is 5. The molecular formula is C37H29N3O9. The third-order valence-electron chi connectivity index (χ3n) is 7.84. The van der Waals surface area contributed by atoms with E-state index >= 15 is 0 Å². The van der Waals surface area contributed by atoms with Gasteiger partial charge in [0.2, 0.25) is 17.3 Å². The minimum atomic E-state index is -0.671. The summed E-state index contributed by atoms with van der Waals surface area (Å²) in [7, 11) is 5.85. The molecule has 4 aromatic carbocycles. The Morgan fingerprint density at radius 3 is 2.08 bits per heavy atom. The van der Waals surface area contributed by atoms with Crippen molar-refractivity contribution in [2.24, 2.45) is 0 Å². The highest BCUT2D eigenvalue weighted by Crippen LogP contribution is 2.38. The normalized spacial score (nSPS) is 11.9. The van der Waals surface area contributed by atoms with Crippen molar-refractivity contribution in [3.05, 3.63) is 130 Å². The minimum Gasteiger partial charge on any atom is -0.493 e. The SMILES string of the molecule is COc1ccc(/C=C/C(=O)c2cc(OC)c(OC)c(OC)c2)cc1OC(=O)c1cccc(Cn2nnc3c2C(=O)c2ccccc2C3=O)c1. The topological polar surface area (TPSA) is 145 Å². The van der Waals surface area contributed by atoms with Crippen LogP contribution in [-0.4, -0.2) is 66.8 Å². The summed E-state index contributed by atoms with van der Waals surface area (Å²) in [5.74, 6) is -0.226. The molecule has 0 radical (unpaired) electrons. The van der Waals surface area contributed by atoms with E-state index < -0.39 is 5.97 Å². The van der Waals surface area contributed by atoms with Gasteiger partial charge in [0.1, 0.15) is 5.69 Å². The van der Waals surface area contributed by atoms with E-state index in [-0.39, 0.29) is 57.7 Å². The quantitative estimate of drug-likeness (QED) is 0.0778. The third kappa shape index (κ3) is 6.26.